The predicted molar refractivity (Wildman–Crippen MR) is 80.3 cm³/mol. The van der Waals surface area contributed by atoms with E-state index in [4.69, 9.17) is 0 Å². The number of aliphatic hydroxyl groups is 3. The monoisotopic (exact) mass is 303 g/mol. The minimum absolute atomic E-state index is 0.239. The van der Waals surface area contributed by atoms with Gasteiger partial charge in [0.25, 0.3) is 11.5 Å². The first-order valence-electron chi connectivity index (χ1n) is 7.06. The molecule has 116 valence electrons. The molecular weight excluding hydrogens is 286 g/mol. The van der Waals surface area contributed by atoms with Crippen LogP contribution in [0.4, 0.5) is 0 Å². The zero-order chi connectivity index (χ0) is 16.1. The molecule has 0 saturated carbocycles. The van der Waals surface area contributed by atoms with Crippen molar-refractivity contribution >= 4 is 22.4 Å². The predicted octanol–water partition coefficient (Wildman–Crippen LogP) is -0.876. The Hall–Kier alpha value is -2.02. The number of hydrogen-bond donors (Lipinski definition) is 3. The summed E-state index contributed by atoms with van der Waals surface area (Å²) in [5.41, 5.74) is -0.893. The van der Waals surface area contributed by atoms with E-state index in [1.165, 1.54) is 0 Å². The zero-order valence-corrected chi connectivity index (χ0v) is 12.1. The molecule has 3 N–H and O–H groups in total. The molecule has 22 heavy (non-hydrogen) atoms. The first-order chi connectivity index (χ1) is 10.5. The van der Waals surface area contributed by atoms with E-state index in [1.54, 1.807) is 31.2 Å². The molecule has 1 aliphatic heterocycles. The van der Waals surface area contributed by atoms with Crippen molar-refractivity contribution in [3.8, 4) is 0 Å². The topological polar surface area (TPSA) is 99.8 Å². The lowest BCUT2D eigenvalue weighted by Gasteiger charge is -2.34. The summed E-state index contributed by atoms with van der Waals surface area (Å²) < 4.78 is 1.10. The smallest absolute Gasteiger partial charge is 0.266 e. The summed E-state index contributed by atoms with van der Waals surface area (Å²) in [6, 6.07) is 6.95. The Morgan fingerprint density at radius 1 is 1.14 bits per heavy atom. The average Bonchev–Trinajstić information content (AvgIpc) is 2.75. The Kier molecular flexibility index (Phi) is 3.40. The molecule has 0 spiro atoms. The van der Waals surface area contributed by atoms with Crippen LogP contribution in [0.5, 0.6) is 0 Å². The highest BCUT2D eigenvalue weighted by atomic mass is 16.3. The SMILES string of the molecule is CC(C1=c2c(=O)n(c3cccc2c3)C1=O)C(CO)(CO)CO. The molecule has 1 aliphatic rings. The van der Waals surface area contributed by atoms with Crippen molar-refractivity contribution in [2.75, 3.05) is 19.8 Å². The van der Waals surface area contributed by atoms with Crippen LogP contribution >= 0.6 is 0 Å². The van der Waals surface area contributed by atoms with Gasteiger partial charge in [0.1, 0.15) is 0 Å². The molecule has 2 aromatic rings. The maximum atomic E-state index is 12.7. The highest BCUT2D eigenvalue weighted by Gasteiger charge is 2.42. The second-order valence-electron chi connectivity index (χ2n) is 5.84. The number of benzene rings is 1. The van der Waals surface area contributed by atoms with Crippen LogP contribution in [0.1, 0.15) is 11.7 Å². The molecule has 0 fully saturated rings. The number of fused-ring (bicyclic) bond motifs is 6. The van der Waals surface area contributed by atoms with Gasteiger partial charge >= 0.3 is 0 Å². The molecule has 2 heterocycles. The number of carbonyl (C=O) groups is 1. The fourth-order valence-corrected chi connectivity index (χ4v) is 3.13. The van der Waals surface area contributed by atoms with Crippen LogP contribution in [0, 0.1) is 11.3 Å². The molecule has 1 aromatic heterocycles. The van der Waals surface area contributed by atoms with Gasteiger partial charge in [-0.25, -0.2) is 4.57 Å². The first kappa shape index (κ1) is 14.9. The first-order valence-corrected chi connectivity index (χ1v) is 7.06. The van der Waals surface area contributed by atoms with E-state index in [1.807, 2.05) is 0 Å². The van der Waals surface area contributed by atoms with Crippen molar-refractivity contribution in [1.82, 2.24) is 4.57 Å². The van der Waals surface area contributed by atoms with Crippen LogP contribution in [0.25, 0.3) is 16.5 Å². The van der Waals surface area contributed by atoms with Crippen LogP contribution in [-0.2, 0) is 0 Å². The van der Waals surface area contributed by atoms with Crippen LogP contribution in [0.15, 0.2) is 29.1 Å². The third-order valence-corrected chi connectivity index (χ3v) is 4.81. The van der Waals surface area contributed by atoms with E-state index in [9.17, 15) is 24.9 Å². The minimum atomic E-state index is -1.26. The van der Waals surface area contributed by atoms with Crippen LogP contribution in [-0.4, -0.2) is 45.6 Å². The molecule has 3 rings (SSSR count). The minimum Gasteiger partial charge on any atom is -0.396 e. The number of nitrogens with zero attached hydrogens (tertiary/aromatic N) is 1. The molecule has 1 atom stereocenters. The number of carbonyl (C=O) groups excluding carboxylic acids is 1. The molecule has 1 unspecified atom stereocenters. The van der Waals surface area contributed by atoms with Crippen molar-refractivity contribution in [3.05, 3.63) is 39.8 Å². The third kappa shape index (κ3) is 1.71. The van der Waals surface area contributed by atoms with Crippen molar-refractivity contribution in [1.29, 1.82) is 0 Å². The van der Waals surface area contributed by atoms with Crippen LogP contribution in [0.3, 0.4) is 0 Å². The van der Waals surface area contributed by atoms with Crippen molar-refractivity contribution in [3.63, 3.8) is 0 Å². The van der Waals surface area contributed by atoms with E-state index >= 15 is 0 Å². The van der Waals surface area contributed by atoms with Gasteiger partial charge in [0, 0.05) is 11.0 Å². The lowest BCUT2D eigenvalue weighted by molar-refractivity contribution is -0.0175. The van der Waals surface area contributed by atoms with Crippen molar-refractivity contribution in [2.24, 2.45) is 11.3 Å². The zero-order valence-electron chi connectivity index (χ0n) is 12.1. The Balaban J connectivity index is 2.34. The summed E-state index contributed by atoms with van der Waals surface area (Å²) in [5, 5.41) is 29.7. The van der Waals surface area contributed by atoms with Crippen LogP contribution < -0.4 is 10.8 Å². The summed E-state index contributed by atoms with van der Waals surface area (Å²) in [6.07, 6.45) is 0. The van der Waals surface area contributed by atoms with E-state index in [0.29, 0.717) is 16.1 Å². The highest BCUT2D eigenvalue weighted by molar-refractivity contribution is 6.20. The van der Waals surface area contributed by atoms with E-state index in [2.05, 4.69) is 0 Å². The van der Waals surface area contributed by atoms with Gasteiger partial charge in [-0.2, -0.15) is 0 Å². The Bertz CT molecular complexity index is 854. The average molecular weight is 303 g/mol. The molecule has 0 radical (unpaired) electrons. The second kappa shape index (κ2) is 5.01. The fourth-order valence-electron chi connectivity index (χ4n) is 3.13. The molecule has 1 aromatic carbocycles. The van der Waals surface area contributed by atoms with Crippen molar-refractivity contribution < 1.29 is 20.1 Å². The van der Waals surface area contributed by atoms with Crippen molar-refractivity contribution in [2.45, 2.75) is 6.92 Å². The van der Waals surface area contributed by atoms with Gasteiger partial charge in [-0.1, -0.05) is 19.1 Å². The Morgan fingerprint density at radius 2 is 1.77 bits per heavy atom. The molecule has 0 aliphatic carbocycles. The number of aromatic nitrogens is 1. The Morgan fingerprint density at radius 3 is 2.36 bits per heavy atom. The largest absolute Gasteiger partial charge is 0.396 e. The lowest BCUT2D eigenvalue weighted by atomic mass is 9.73. The van der Waals surface area contributed by atoms with E-state index in [0.717, 1.165) is 4.57 Å². The van der Waals surface area contributed by atoms with E-state index in [-0.39, 0.29) is 11.1 Å². The summed E-state index contributed by atoms with van der Waals surface area (Å²) in [4.78, 5) is 25.1. The number of hydrogen-bond acceptors (Lipinski definition) is 5. The summed E-state index contributed by atoms with van der Waals surface area (Å²) in [5.74, 6) is -1.12. The third-order valence-electron chi connectivity index (χ3n) is 4.81. The van der Waals surface area contributed by atoms with E-state index < -0.39 is 37.1 Å². The molecule has 0 saturated heterocycles. The van der Waals surface area contributed by atoms with Gasteiger partial charge in [0.15, 0.2) is 0 Å². The summed E-state index contributed by atoms with van der Waals surface area (Å²) in [7, 11) is 0. The maximum absolute atomic E-state index is 12.7. The maximum Gasteiger partial charge on any atom is 0.266 e. The summed E-state index contributed by atoms with van der Waals surface area (Å²) >= 11 is 0. The number of pyridine rings is 1. The second-order valence-corrected chi connectivity index (χ2v) is 5.84. The lowest BCUT2D eigenvalue weighted by Crippen LogP contribution is -2.42. The molecule has 0 amide bonds. The number of rotatable bonds is 5. The van der Waals surface area contributed by atoms with Gasteiger partial charge in [0.2, 0.25) is 0 Å². The molecule has 6 nitrogen and oxygen atoms in total. The normalized spacial score (nSPS) is 15.8. The Labute approximate surface area is 125 Å². The highest BCUT2D eigenvalue weighted by Crippen LogP contribution is 2.34. The van der Waals surface area contributed by atoms with Crippen LogP contribution in [0.2, 0.25) is 0 Å². The molecule has 4 bridgehead atoms. The summed E-state index contributed by atoms with van der Waals surface area (Å²) in [6.45, 7) is 0.172. The number of aliphatic hydroxyl groups excluding tert-OH is 3. The van der Waals surface area contributed by atoms with Gasteiger partial charge in [-0.05, 0) is 23.4 Å². The van der Waals surface area contributed by atoms with Gasteiger partial charge in [-0.3, -0.25) is 9.59 Å². The quantitative estimate of drug-likeness (QED) is 0.666. The van der Waals surface area contributed by atoms with Gasteiger partial charge < -0.3 is 15.3 Å². The van der Waals surface area contributed by atoms with Gasteiger partial charge in [0.05, 0.1) is 30.6 Å². The molecular formula is C16H17NO5. The molecule has 6 heteroatoms. The fraction of sp³-hybridized carbons (Fsp3) is 0.375. The van der Waals surface area contributed by atoms with Gasteiger partial charge in [-0.15, -0.1) is 0 Å². The standard InChI is InChI=1S/C16H17NO5/c1-9(16(6-18,7-19)8-20)12-13-10-3-2-4-11(5-10)17(14(12)21)15(13)22/h2-5,9,18-20H,6-8H2,1H3.